The van der Waals surface area contributed by atoms with Crippen molar-refractivity contribution in [1.82, 2.24) is 10.6 Å². The first-order chi connectivity index (χ1) is 12.0. The van der Waals surface area contributed by atoms with Crippen LogP contribution >= 0.6 is 0 Å². The summed E-state index contributed by atoms with van der Waals surface area (Å²) in [6, 6.07) is 8.87. The van der Waals surface area contributed by atoms with Gasteiger partial charge in [0.15, 0.2) is 5.96 Å². The van der Waals surface area contributed by atoms with Crippen molar-refractivity contribution < 1.29 is 4.74 Å². The van der Waals surface area contributed by atoms with E-state index in [4.69, 9.17) is 4.74 Å². The van der Waals surface area contributed by atoms with Crippen molar-refractivity contribution in [2.75, 3.05) is 32.6 Å². The van der Waals surface area contributed by atoms with Crippen LogP contribution in [0.4, 0.5) is 5.69 Å². The molecule has 0 amide bonds. The number of rotatable bonds is 11. The SMILES string of the molecule is CN=C(NCc1ccc(NCCOC)cc1)NC(C)CCCC(C)C. The molecule has 0 saturated carbocycles. The number of nitrogens with zero attached hydrogens (tertiary/aromatic N) is 1. The van der Waals surface area contributed by atoms with Gasteiger partial charge in [-0.3, -0.25) is 4.99 Å². The predicted molar refractivity (Wildman–Crippen MR) is 108 cm³/mol. The summed E-state index contributed by atoms with van der Waals surface area (Å²) in [7, 11) is 3.53. The second-order valence-corrected chi connectivity index (χ2v) is 6.91. The van der Waals surface area contributed by atoms with Crippen LogP contribution in [-0.4, -0.2) is 39.3 Å². The topological polar surface area (TPSA) is 57.7 Å². The fraction of sp³-hybridized carbons (Fsp3) is 0.650. The van der Waals surface area contributed by atoms with E-state index in [1.54, 1.807) is 7.11 Å². The summed E-state index contributed by atoms with van der Waals surface area (Å²) in [6.07, 6.45) is 3.70. The molecule has 142 valence electrons. The van der Waals surface area contributed by atoms with Gasteiger partial charge in [0.1, 0.15) is 0 Å². The molecular formula is C20H36N4O. The molecule has 0 bridgehead atoms. The summed E-state index contributed by atoms with van der Waals surface area (Å²) < 4.78 is 5.04. The van der Waals surface area contributed by atoms with Crippen molar-refractivity contribution in [3.05, 3.63) is 29.8 Å². The van der Waals surface area contributed by atoms with E-state index < -0.39 is 0 Å². The van der Waals surface area contributed by atoms with E-state index in [0.29, 0.717) is 12.6 Å². The number of hydrogen-bond donors (Lipinski definition) is 3. The highest BCUT2D eigenvalue weighted by atomic mass is 16.5. The molecule has 0 spiro atoms. The first-order valence-electron chi connectivity index (χ1n) is 9.34. The number of methoxy groups -OCH3 is 1. The molecule has 5 nitrogen and oxygen atoms in total. The summed E-state index contributed by atoms with van der Waals surface area (Å²) in [4.78, 5) is 4.32. The van der Waals surface area contributed by atoms with Crippen molar-refractivity contribution in [1.29, 1.82) is 0 Å². The molecule has 1 unspecified atom stereocenters. The summed E-state index contributed by atoms with van der Waals surface area (Å²) in [6.45, 7) is 9.05. The van der Waals surface area contributed by atoms with E-state index in [2.05, 4.69) is 66.0 Å². The normalized spacial score (nSPS) is 13.0. The number of anilines is 1. The van der Waals surface area contributed by atoms with Crippen molar-refractivity contribution in [3.8, 4) is 0 Å². The molecule has 0 fully saturated rings. The first-order valence-corrected chi connectivity index (χ1v) is 9.34. The lowest BCUT2D eigenvalue weighted by molar-refractivity contribution is 0.211. The highest BCUT2D eigenvalue weighted by molar-refractivity contribution is 5.79. The quantitative estimate of drug-likeness (QED) is 0.325. The van der Waals surface area contributed by atoms with Gasteiger partial charge in [0.25, 0.3) is 0 Å². The molecule has 0 saturated heterocycles. The van der Waals surface area contributed by atoms with E-state index in [-0.39, 0.29) is 0 Å². The van der Waals surface area contributed by atoms with Gasteiger partial charge in [-0.15, -0.1) is 0 Å². The maximum absolute atomic E-state index is 5.04. The van der Waals surface area contributed by atoms with Gasteiger partial charge in [0.05, 0.1) is 6.61 Å². The van der Waals surface area contributed by atoms with Gasteiger partial charge in [-0.25, -0.2) is 0 Å². The summed E-state index contributed by atoms with van der Waals surface area (Å²) in [5.74, 6) is 1.64. The van der Waals surface area contributed by atoms with Crippen LogP contribution < -0.4 is 16.0 Å². The fourth-order valence-corrected chi connectivity index (χ4v) is 2.56. The monoisotopic (exact) mass is 348 g/mol. The number of guanidine groups is 1. The van der Waals surface area contributed by atoms with Gasteiger partial charge < -0.3 is 20.7 Å². The van der Waals surface area contributed by atoms with Crippen LogP contribution in [-0.2, 0) is 11.3 Å². The lowest BCUT2D eigenvalue weighted by atomic mass is 10.0. The van der Waals surface area contributed by atoms with Crippen LogP contribution in [0, 0.1) is 5.92 Å². The number of nitrogens with one attached hydrogen (secondary N) is 3. The van der Waals surface area contributed by atoms with Crippen LogP contribution in [0.25, 0.3) is 0 Å². The van der Waals surface area contributed by atoms with Gasteiger partial charge in [-0.05, 0) is 37.0 Å². The van der Waals surface area contributed by atoms with E-state index in [0.717, 1.165) is 30.7 Å². The zero-order valence-corrected chi connectivity index (χ0v) is 16.6. The Morgan fingerprint density at radius 1 is 1.12 bits per heavy atom. The van der Waals surface area contributed by atoms with Crippen molar-refractivity contribution >= 4 is 11.6 Å². The maximum atomic E-state index is 5.04. The van der Waals surface area contributed by atoms with E-state index in [1.807, 2.05) is 7.05 Å². The zero-order chi connectivity index (χ0) is 18.5. The van der Waals surface area contributed by atoms with Gasteiger partial charge >= 0.3 is 0 Å². The minimum Gasteiger partial charge on any atom is -0.383 e. The second-order valence-electron chi connectivity index (χ2n) is 6.91. The molecule has 0 aliphatic heterocycles. The summed E-state index contributed by atoms with van der Waals surface area (Å²) >= 11 is 0. The first kappa shape index (κ1) is 21.3. The number of ether oxygens (including phenoxy) is 1. The molecule has 0 aromatic heterocycles. The van der Waals surface area contributed by atoms with E-state index in [9.17, 15) is 0 Å². The van der Waals surface area contributed by atoms with E-state index >= 15 is 0 Å². The van der Waals surface area contributed by atoms with Crippen molar-refractivity contribution in [2.24, 2.45) is 10.9 Å². The van der Waals surface area contributed by atoms with Crippen LogP contribution in [0.2, 0.25) is 0 Å². The molecule has 3 N–H and O–H groups in total. The number of hydrogen-bond acceptors (Lipinski definition) is 3. The molecule has 1 aromatic carbocycles. The molecule has 1 rings (SSSR count). The molecule has 0 heterocycles. The predicted octanol–water partition coefficient (Wildman–Crippen LogP) is 3.62. The summed E-state index contributed by atoms with van der Waals surface area (Å²) in [5, 5.41) is 10.2. The van der Waals surface area contributed by atoms with E-state index in [1.165, 1.54) is 24.8 Å². The molecule has 0 radical (unpaired) electrons. The lowest BCUT2D eigenvalue weighted by Gasteiger charge is -2.18. The Balaban J connectivity index is 2.34. The maximum Gasteiger partial charge on any atom is 0.191 e. The van der Waals surface area contributed by atoms with Gasteiger partial charge in [-0.2, -0.15) is 0 Å². The van der Waals surface area contributed by atoms with Crippen molar-refractivity contribution in [2.45, 2.75) is 52.6 Å². The number of benzene rings is 1. The Labute approximate surface area is 153 Å². The average molecular weight is 349 g/mol. The highest BCUT2D eigenvalue weighted by Crippen LogP contribution is 2.10. The number of aliphatic imine (C=N–C) groups is 1. The zero-order valence-electron chi connectivity index (χ0n) is 16.6. The third-order valence-electron chi connectivity index (χ3n) is 4.07. The Morgan fingerprint density at radius 2 is 1.84 bits per heavy atom. The molecular weight excluding hydrogens is 312 g/mol. The molecule has 5 heteroatoms. The third kappa shape index (κ3) is 9.97. The Bertz CT molecular complexity index is 485. The van der Waals surface area contributed by atoms with Crippen LogP contribution in [0.15, 0.2) is 29.3 Å². The summed E-state index contributed by atoms with van der Waals surface area (Å²) in [5.41, 5.74) is 2.34. The van der Waals surface area contributed by atoms with Crippen LogP contribution in [0.1, 0.15) is 45.6 Å². The smallest absolute Gasteiger partial charge is 0.191 e. The van der Waals surface area contributed by atoms with Gasteiger partial charge in [-0.1, -0.05) is 38.8 Å². The minimum absolute atomic E-state index is 0.428. The molecule has 1 aromatic rings. The van der Waals surface area contributed by atoms with Crippen LogP contribution in [0.5, 0.6) is 0 Å². The second kappa shape index (κ2) is 12.6. The Kier molecular flexibility index (Phi) is 10.7. The Morgan fingerprint density at radius 3 is 2.44 bits per heavy atom. The molecule has 0 aliphatic carbocycles. The van der Waals surface area contributed by atoms with Crippen molar-refractivity contribution in [3.63, 3.8) is 0 Å². The lowest BCUT2D eigenvalue weighted by Crippen LogP contribution is -2.41. The van der Waals surface area contributed by atoms with Crippen LogP contribution in [0.3, 0.4) is 0 Å². The fourth-order valence-electron chi connectivity index (χ4n) is 2.56. The van der Waals surface area contributed by atoms with Gasteiger partial charge in [0.2, 0.25) is 0 Å². The highest BCUT2D eigenvalue weighted by Gasteiger charge is 2.06. The standard InChI is InChI=1S/C20H36N4O/c1-16(2)7-6-8-17(3)24-20(21-4)23-15-18-9-11-19(12-10-18)22-13-14-25-5/h9-12,16-17,22H,6-8,13-15H2,1-5H3,(H2,21,23,24). The third-order valence-corrected chi connectivity index (χ3v) is 4.07. The van der Waals surface area contributed by atoms with Gasteiger partial charge in [0, 0.05) is 39.0 Å². The molecule has 1 atom stereocenters. The minimum atomic E-state index is 0.428. The Hall–Kier alpha value is -1.75. The molecule has 0 aliphatic rings. The average Bonchev–Trinajstić information content (AvgIpc) is 2.59. The largest absolute Gasteiger partial charge is 0.383 e. The molecule has 25 heavy (non-hydrogen) atoms.